The molecule has 0 amide bonds. The summed E-state index contributed by atoms with van der Waals surface area (Å²) in [5.41, 5.74) is 0.696. The molecule has 1 aromatic rings. The Morgan fingerprint density at radius 1 is 1.27 bits per heavy atom. The molecule has 0 bridgehead atoms. The Labute approximate surface area is 87.9 Å². The molecule has 15 heavy (non-hydrogen) atoms. The zero-order valence-corrected chi connectivity index (χ0v) is 8.63. The first-order chi connectivity index (χ1) is 7.16. The topological polar surface area (TPSA) is 15.3 Å². The van der Waals surface area contributed by atoms with Crippen LogP contribution >= 0.6 is 0 Å². The molecule has 0 radical (unpaired) electrons. The van der Waals surface area contributed by atoms with Crippen LogP contribution in [0.2, 0.25) is 0 Å². The molecule has 1 heterocycles. The van der Waals surface area contributed by atoms with Crippen molar-refractivity contribution < 1.29 is 8.78 Å². The van der Waals surface area contributed by atoms with E-state index in [1.54, 1.807) is 0 Å². The van der Waals surface area contributed by atoms with Crippen LogP contribution in [-0.4, -0.2) is 31.6 Å². The van der Waals surface area contributed by atoms with Crippen molar-refractivity contribution in [2.75, 3.05) is 26.7 Å². The van der Waals surface area contributed by atoms with E-state index in [0.29, 0.717) is 5.56 Å². The summed E-state index contributed by atoms with van der Waals surface area (Å²) in [6, 6.07) is 3.76. The van der Waals surface area contributed by atoms with Crippen molar-refractivity contribution in [3.05, 3.63) is 35.4 Å². The van der Waals surface area contributed by atoms with Gasteiger partial charge in [0.2, 0.25) is 0 Å². The molecule has 0 saturated carbocycles. The highest BCUT2D eigenvalue weighted by Crippen LogP contribution is 2.22. The molecule has 4 heteroatoms. The van der Waals surface area contributed by atoms with E-state index >= 15 is 0 Å². The van der Waals surface area contributed by atoms with Crippen LogP contribution in [0.3, 0.4) is 0 Å². The first kappa shape index (κ1) is 10.5. The quantitative estimate of drug-likeness (QED) is 0.759. The number of nitrogens with zero attached hydrogens (tertiary/aromatic N) is 1. The molecule has 1 saturated heterocycles. The monoisotopic (exact) mass is 212 g/mol. The fourth-order valence-electron chi connectivity index (χ4n) is 1.95. The second-order valence-corrected chi connectivity index (χ2v) is 3.90. The van der Waals surface area contributed by atoms with Crippen LogP contribution in [0.5, 0.6) is 0 Å². The number of likely N-dealkylation sites (N-methyl/N-ethyl adjacent to an activating group) is 1. The van der Waals surface area contributed by atoms with E-state index in [0.717, 1.165) is 25.7 Å². The second kappa shape index (κ2) is 4.24. The maximum absolute atomic E-state index is 13.0. The molecule has 2 nitrogen and oxygen atoms in total. The van der Waals surface area contributed by atoms with Gasteiger partial charge in [-0.2, -0.15) is 0 Å². The van der Waals surface area contributed by atoms with Crippen molar-refractivity contribution in [2.45, 2.75) is 6.04 Å². The van der Waals surface area contributed by atoms with E-state index in [1.807, 2.05) is 7.05 Å². The van der Waals surface area contributed by atoms with E-state index in [9.17, 15) is 8.78 Å². The summed E-state index contributed by atoms with van der Waals surface area (Å²) in [7, 11) is 1.97. The van der Waals surface area contributed by atoms with Gasteiger partial charge in [-0.3, -0.25) is 4.90 Å². The van der Waals surface area contributed by atoms with Gasteiger partial charge in [0, 0.05) is 31.7 Å². The molecule has 1 unspecified atom stereocenters. The minimum Gasteiger partial charge on any atom is -0.314 e. The minimum atomic E-state index is -0.510. The maximum atomic E-state index is 13.0. The van der Waals surface area contributed by atoms with Crippen molar-refractivity contribution in [3.8, 4) is 0 Å². The zero-order chi connectivity index (χ0) is 10.8. The minimum absolute atomic E-state index is 0.0592. The summed E-state index contributed by atoms with van der Waals surface area (Å²) in [6.07, 6.45) is 0. The molecule has 1 N–H and O–H groups in total. The molecule has 2 rings (SSSR count). The normalized spacial score (nSPS) is 23.0. The fraction of sp³-hybridized carbons (Fsp3) is 0.455. The highest BCUT2D eigenvalue weighted by Gasteiger charge is 2.21. The Balaban J connectivity index is 2.27. The molecule has 1 fully saturated rings. The average Bonchev–Trinajstić information content (AvgIpc) is 2.16. The first-order valence-electron chi connectivity index (χ1n) is 5.04. The van der Waals surface area contributed by atoms with Crippen molar-refractivity contribution >= 4 is 0 Å². The standard InChI is InChI=1S/C11H14F2N2/c1-15-3-2-14-7-11(15)8-4-9(12)6-10(13)5-8/h4-6,11,14H,2-3,7H2,1H3. The number of hydrogen-bond acceptors (Lipinski definition) is 2. The largest absolute Gasteiger partial charge is 0.314 e. The summed E-state index contributed by atoms with van der Waals surface area (Å²) < 4.78 is 26.1. The fourth-order valence-corrected chi connectivity index (χ4v) is 1.95. The van der Waals surface area contributed by atoms with Crippen molar-refractivity contribution in [1.29, 1.82) is 0 Å². The molecule has 82 valence electrons. The van der Waals surface area contributed by atoms with Crippen LogP contribution in [0.4, 0.5) is 8.78 Å². The highest BCUT2D eigenvalue weighted by atomic mass is 19.1. The number of rotatable bonds is 1. The lowest BCUT2D eigenvalue weighted by Gasteiger charge is -2.33. The van der Waals surface area contributed by atoms with Gasteiger partial charge >= 0.3 is 0 Å². The molecule has 1 aliphatic rings. The number of halogens is 2. The smallest absolute Gasteiger partial charge is 0.126 e. The zero-order valence-electron chi connectivity index (χ0n) is 8.63. The Morgan fingerprint density at radius 2 is 1.93 bits per heavy atom. The van der Waals surface area contributed by atoms with Gasteiger partial charge in [0.25, 0.3) is 0 Å². The number of piperazine rings is 1. The van der Waals surface area contributed by atoms with Crippen LogP contribution in [0.1, 0.15) is 11.6 Å². The lowest BCUT2D eigenvalue weighted by atomic mass is 10.0. The molecule has 0 aliphatic carbocycles. The van der Waals surface area contributed by atoms with Crippen LogP contribution < -0.4 is 5.32 Å². The Kier molecular flexibility index (Phi) is 2.98. The van der Waals surface area contributed by atoms with E-state index < -0.39 is 11.6 Å². The first-order valence-corrected chi connectivity index (χ1v) is 5.04. The molecular formula is C11H14F2N2. The molecule has 0 aromatic heterocycles. The lowest BCUT2D eigenvalue weighted by Crippen LogP contribution is -2.43. The summed E-state index contributed by atoms with van der Waals surface area (Å²) in [5.74, 6) is -1.02. The predicted molar refractivity (Wildman–Crippen MR) is 54.6 cm³/mol. The van der Waals surface area contributed by atoms with Gasteiger partial charge in [0.15, 0.2) is 0 Å². The molecule has 0 spiro atoms. The van der Waals surface area contributed by atoms with Gasteiger partial charge in [-0.05, 0) is 24.7 Å². The van der Waals surface area contributed by atoms with Gasteiger partial charge in [0.1, 0.15) is 11.6 Å². The van der Waals surface area contributed by atoms with Crippen molar-refractivity contribution in [1.82, 2.24) is 10.2 Å². The van der Waals surface area contributed by atoms with Gasteiger partial charge in [0.05, 0.1) is 0 Å². The van der Waals surface area contributed by atoms with Crippen LogP contribution in [-0.2, 0) is 0 Å². The van der Waals surface area contributed by atoms with E-state index in [4.69, 9.17) is 0 Å². The Morgan fingerprint density at radius 3 is 2.53 bits per heavy atom. The summed E-state index contributed by atoms with van der Waals surface area (Å²) in [6.45, 7) is 2.55. The third-order valence-corrected chi connectivity index (χ3v) is 2.78. The summed E-state index contributed by atoms with van der Waals surface area (Å²) in [5, 5.41) is 3.22. The number of nitrogens with one attached hydrogen (secondary N) is 1. The number of benzene rings is 1. The van der Waals surface area contributed by atoms with Crippen LogP contribution in [0.15, 0.2) is 18.2 Å². The van der Waals surface area contributed by atoms with Gasteiger partial charge in [-0.25, -0.2) is 8.78 Å². The summed E-state index contributed by atoms with van der Waals surface area (Å²) >= 11 is 0. The summed E-state index contributed by atoms with van der Waals surface area (Å²) in [4.78, 5) is 2.10. The van der Waals surface area contributed by atoms with Gasteiger partial charge < -0.3 is 5.32 Å². The van der Waals surface area contributed by atoms with E-state index in [2.05, 4.69) is 10.2 Å². The van der Waals surface area contributed by atoms with Crippen LogP contribution in [0.25, 0.3) is 0 Å². The molecule has 1 aromatic carbocycles. The van der Waals surface area contributed by atoms with Crippen LogP contribution in [0, 0.1) is 11.6 Å². The third kappa shape index (κ3) is 2.33. The third-order valence-electron chi connectivity index (χ3n) is 2.78. The molecular weight excluding hydrogens is 198 g/mol. The number of hydrogen-bond donors (Lipinski definition) is 1. The Bertz CT molecular complexity index is 334. The SMILES string of the molecule is CN1CCNCC1c1cc(F)cc(F)c1. The maximum Gasteiger partial charge on any atom is 0.126 e. The average molecular weight is 212 g/mol. The van der Waals surface area contributed by atoms with Gasteiger partial charge in [-0.15, -0.1) is 0 Å². The lowest BCUT2D eigenvalue weighted by molar-refractivity contribution is 0.201. The van der Waals surface area contributed by atoms with E-state index in [-0.39, 0.29) is 6.04 Å². The second-order valence-electron chi connectivity index (χ2n) is 3.90. The van der Waals surface area contributed by atoms with Crippen molar-refractivity contribution in [2.24, 2.45) is 0 Å². The van der Waals surface area contributed by atoms with Crippen molar-refractivity contribution in [3.63, 3.8) is 0 Å². The molecule has 1 aliphatic heterocycles. The predicted octanol–water partition coefficient (Wildman–Crippen LogP) is 1.54. The Hall–Kier alpha value is -1.00. The highest BCUT2D eigenvalue weighted by molar-refractivity contribution is 5.22. The van der Waals surface area contributed by atoms with Gasteiger partial charge in [-0.1, -0.05) is 0 Å². The van der Waals surface area contributed by atoms with E-state index in [1.165, 1.54) is 12.1 Å². The molecule has 1 atom stereocenters.